The second-order valence-corrected chi connectivity index (χ2v) is 7.28. The number of anilines is 1. The fraction of sp³-hybridized carbons (Fsp3) is 0.0500. The first-order chi connectivity index (χ1) is 13.7. The lowest BCUT2D eigenvalue weighted by Gasteiger charge is -2.11. The number of hydrogen-bond acceptors (Lipinski definition) is 4. The highest BCUT2D eigenvalue weighted by Gasteiger charge is 2.16. The van der Waals surface area contributed by atoms with Crippen LogP contribution in [0, 0.1) is 6.92 Å². The third-order valence-corrected chi connectivity index (χ3v) is 4.74. The van der Waals surface area contributed by atoms with Gasteiger partial charge in [-0.05, 0) is 67.2 Å². The minimum Gasteiger partial charge on any atom is -0.478 e. The highest BCUT2D eigenvalue weighted by molar-refractivity contribution is 7.80. The maximum atomic E-state index is 12.4. The van der Waals surface area contributed by atoms with E-state index in [2.05, 4.69) is 10.6 Å². The van der Waals surface area contributed by atoms with Gasteiger partial charge in [-0.15, -0.1) is 0 Å². The molecule has 1 amide bonds. The largest absolute Gasteiger partial charge is 0.478 e. The molecule has 0 saturated carbocycles. The molecule has 1 aromatic heterocycles. The lowest BCUT2D eigenvalue weighted by Crippen LogP contribution is -2.34. The number of benzene rings is 2. The Labute approximate surface area is 181 Å². The molecule has 9 heteroatoms. The summed E-state index contributed by atoms with van der Waals surface area (Å²) in [6, 6.07) is 12.6. The number of carbonyl (C=O) groups is 2. The van der Waals surface area contributed by atoms with E-state index in [-0.39, 0.29) is 16.4 Å². The Morgan fingerprint density at radius 1 is 1.07 bits per heavy atom. The molecule has 0 unspecified atom stereocenters. The first kappa shape index (κ1) is 20.9. The van der Waals surface area contributed by atoms with Crippen LogP contribution in [0.5, 0.6) is 0 Å². The predicted molar refractivity (Wildman–Crippen MR) is 116 cm³/mol. The normalized spacial score (nSPS) is 10.4. The summed E-state index contributed by atoms with van der Waals surface area (Å²) < 4.78 is 5.57. The van der Waals surface area contributed by atoms with Crippen LogP contribution in [-0.2, 0) is 0 Å². The second kappa shape index (κ2) is 8.65. The zero-order valence-corrected chi connectivity index (χ0v) is 17.3. The van der Waals surface area contributed by atoms with Crippen molar-refractivity contribution in [3.05, 3.63) is 75.5 Å². The fourth-order valence-corrected chi connectivity index (χ4v) is 3.21. The summed E-state index contributed by atoms with van der Waals surface area (Å²) in [7, 11) is 0. The number of thiocarbonyl (C=S) groups is 1. The van der Waals surface area contributed by atoms with Gasteiger partial charge in [-0.3, -0.25) is 10.1 Å². The lowest BCUT2D eigenvalue weighted by molar-refractivity contribution is 0.0696. The Kier molecular flexibility index (Phi) is 6.22. The zero-order chi connectivity index (χ0) is 21.1. The summed E-state index contributed by atoms with van der Waals surface area (Å²) in [5.74, 6) is -1.19. The molecule has 0 atom stereocenters. The molecular formula is C20H14Cl2N2O4S. The smallest absolute Gasteiger partial charge is 0.335 e. The van der Waals surface area contributed by atoms with Gasteiger partial charge >= 0.3 is 5.97 Å². The highest BCUT2D eigenvalue weighted by atomic mass is 35.5. The molecule has 0 aliphatic heterocycles. The number of aryl methyl sites for hydroxylation is 1. The van der Waals surface area contributed by atoms with Crippen LogP contribution in [0.2, 0.25) is 10.0 Å². The number of hydrogen-bond donors (Lipinski definition) is 3. The zero-order valence-electron chi connectivity index (χ0n) is 15.0. The molecule has 1 heterocycles. The number of aromatic carboxylic acids is 1. The number of carboxylic acid groups (broad SMARTS) is 1. The van der Waals surface area contributed by atoms with E-state index in [0.29, 0.717) is 27.1 Å². The Hall–Kier alpha value is -2.87. The predicted octanol–water partition coefficient (Wildman–Crippen LogP) is 5.39. The van der Waals surface area contributed by atoms with Crippen LogP contribution in [0.4, 0.5) is 5.69 Å². The van der Waals surface area contributed by atoms with Crippen molar-refractivity contribution in [3.63, 3.8) is 0 Å². The Balaban J connectivity index is 1.71. The van der Waals surface area contributed by atoms with Crippen molar-refractivity contribution in [1.29, 1.82) is 0 Å². The monoisotopic (exact) mass is 448 g/mol. The summed E-state index contributed by atoms with van der Waals surface area (Å²) >= 11 is 17.2. The van der Waals surface area contributed by atoms with Gasteiger partial charge in [0.2, 0.25) is 0 Å². The van der Waals surface area contributed by atoms with E-state index >= 15 is 0 Å². The van der Waals surface area contributed by atoms with Gasteiger partial charge in [0.05, 0.1) is 10.6 Å². The first-order valence-electron chi connectivity index (χ1n) is 8.26. The molecule has 29 heavy (non-hydrogen) atoms. The number of amides is 1. The summed E-state index contributed by atoms with van der Waals surface area (Å²) in [5.41, 5.74) is 1.94. The third kappa shape index (κ3) is 4.95. The van der Waals surface area contributed by atoms with Crippen LogP contribution in [0.1, 0.15) is 26.5 Å². The molecule has 0 radical (unpaired) electrons. The molecular weight excluding hydrogens is 435 g/mol. The standard InChI is InChI=1S/C20H14Cl2N2O4S/c1-10-2-3-11(19(26)27)8-15(10)23-20(29)24-18(25)17-7-6-16(28-17)13-5-4-12(21)9-14(13)22/h2-9H,1H3,(H,26,27)(H2,23,24,25,29). The summed E-state index contributed by atoms with van der Waals surface area (Å²) in [5, 5.41) is 15.3. The van der Waals surface area contributed by atoms with Gasteiger partial charge in [-0.25, -0.2) is 4.79 Å². The molecule has 0 bridgehead atoms. The topological polar surface area (TPSA) is 91.6 Å². The van der Waals surface area contributed by atoms with Gasteiger partial charge in [0.25, 0.3) is 5.91 Å². The van der Waals surface area contributed by atoms with Gasteiger partial charge in [-0.1, -0.05) is 29.3 Å². The van der Waals surface area contributed by atoms with E-state index in [9.17, 15) is 9.59 Å². The van der Waals surface area contributed by atoms with E-state index in [1.54, 1.807) is 37.3 Å². The fourth-order valence-electron chi connectivity index (χ4n) is 2.50. The number of nitrogens with one attached hydrogen (secondary N) is 2. The molecule has 0 fully saturated rings. The van der Waals surface area contributed by atoms with Crippen molar-refractivity contribution < 1.29 is 19.1 Å². The SMILES string of the molecule is Cc1ccc(C(=O)O)cc1NC(=S)NC(=O)c1ccc(-c2ccc(Cl)cc2Cl)o1. The average Bonchev–Trinajstić information content (AvgIpc) is 3.13. The van der Waals surface area contributed by atoms with Crippen molar-refractivity contribution >= 4 is 58.1 Å². The molecule has 6 nitrogen and oxygen atoms in total. The minimum absolute atomic E-state index is 0.00288. The molecule has 0 aliphatic rings. The minimum atomic E-state index is -1.06. The Morgan fingerprint density at radius 3 is 2.52 bits per heavy atom. The number of carbonyl (C=O) groups excluding carboxylic acids is 1. The summed E-state index contributed by atoms with van der Waals surface area (Å²) in [6.07, 6.45) is 0. The number of furan rings is 1. The van der Waals surface area contributed by atoms with E-state index in [0.717, 1.165) is 5.56 Å². The number of carboxylic acids is 1. The molecule has 3 rings (SSSR count). The lowest BCUT2D eigenvalue weighted by atomic mass is 10.1. The molecule has 0 spiro atoms. The summed E-state index contributed by atoms with van der Waals surface area (Å²) in [6.45, 7) is 1.78. The van der Waals surface area contributed by atoms with Gasteiger partial charge in [0.15, 0.2) is 10.9 Å². The van der Waals surface area contributed by atoms with Crippen molar-refractivity contribution in [1.82, 2.24) is 5.32 Å². The number of halogens is 2. The molecule has 0 saturated heterocycles. The van der Waals surface area contributed by atoms with E-state index in [4.69, 9.17) is 44.9 Å². The highest BCUT2D eigenvalue weighted by Crippen LogP contribution is 2.31. The van der Waals surface area contributed by atoms with Gasteiger partial charge in [0, 0.05) is 16.3 Å². The van der Waals surface area contributed by atoms with Crippen LogP contribution in [0.15, 0.2) is 52.9 Å². The summed E-state index contributed by atoms with van der Waals surface area (Å²) in [4.78, 5) is 23.5. The van der Waals surface area contributed by atoms with Crippen molar-refractivity contribution in [2.75, 3.05) is 5.32 Å². The second-order valence-electron chi connectivity index (χ2n) is 6.03. The number of rotatable bonds is 4. The molecule has 148 valence electrons. The Morgan fingerprint density at radius 2 is 1.83 bits per heavy atom. The van der Waals surface area contributed by atoms with Crippen molar-refractivity contribution in [3.8, 4) is 11.3 Å². The molecule has 0 aliphatic carbocycles. The molecule has 2 aromatic carbocycles. The molecule has 3 aromatic rings. The van der Waals surface area contributed by atoms with Crippen LogP contribution in [0.3, 0.4) is 0 Å². The van der Waals surface area contributed by atoms with E-state index in [1.807, 2.05) is 0 Å². The first-order valence-corrected chi connectivity index (χ1v) is 9.42. The maximum Gasteiger partial charge on any atom is 0.335 e. The van der Waals surface area contributed by atoms with Crippen LogP contribution in [-0.4, -0.2) is 22.1 Å². The van der Waals surface area contributed by atoms with E-state index in [1.165, 1.54) is 18.2 Å². The van der Waals surface area contributed by atoms with Crippen LogP contribution in [0.25, 0.3) is 11.3 Å². The van der Waals surface area contributed by atoms with Crippen molar-refractivity contribution in [2.45, 2.75) is 6.92 Å². The van der Waals surface area contributed by atoms with Gasteiger partial charge in [0.1, 0.15) is 5.76 Å². The average molecular weight is 449 g/mol. The van der Waals surface area contributed by atoms with Crippen LogP contribution < -0.4 is 10.6 Å². The Bertz CT molecular complexity index is 1130. The third-order valence-electron chi connectivity index (χ3n) is 3.99. The van der Waals surface area contributed by atoms with Gasteiger partial charge < -0.3 is 14.8 Å². The molecule has 3 N–H and O–H groups in total. The van der Waals surface area contributed by atoms with Gasteiger partial charge in [-0.2, -0.15) is 0 Å². The maximum absolute atomic E-state index is 12.4. The quantitative estimate of drug-likeness (QED) is 0.463. The van der Waals surface area contributed by atoms with Crippen molar-refractivity contribution in [2.24, 2.45) is 0 Å². The van der Waals surface area contributed by atoms with Crippen LogP contribution >= 0.6 is 35.4 Å². The van der Waals surface area contributed by atoms with E-state index < -0.39 is 11.9 Å².